The van der Waals surface area contributed by atoms with Gasteiger partial charge in [-0.2, -0.15) is 0 Å². The minimum absolute atomic E-state index is 0.174. The van der Waals surface area contributed by atoms with Gasteiger partial charge in [0.05, 0.1) is 18.0 Å². The SMILES string of the molecule is O=C(O)CC1(N2CC(CN3CCC(n4nnc5ccccc54)CC3)C(c3ccccc3)C2)CCCCC1. The van der Waals surface area contributed by atoms with Crippen molar-refractivity contribution in [3.63, 3.8) is 0 Å². The number of likely N-dealkylation sites (tertiary alicyclic amines) is 2. The van der Waals surface area contributed by atoms with E-state index in [0.717, 1.165) is 82.3 Å². The lowest BCUT2D eigenvalue weighted by Gasteiger charge is -2.44. The van der Waals surface area contributed by atoms with Crippen LogP contribution in [0.3, 0.4) is 0 Å². The molecule has 6 rings (SSSR count). The molecule has 3 heterocycles. The summed E-state index contributed by atoms with van der Waals surface area (Å²) >= 11 is 0. The lowest BCUT2D eigenvalue weighted by Crippen LogP contribution is -2.50. The summed E-state index contributed by atoms with van der Waals surface area (Å²) in [7, 11) is 0. The van der Waals surface area contributed by atoms with Gasteiger partial charge in [0.15, 0.2) is 0 Å². The van der Waals surface area contributed by atoms with E-state index >= 15 is 0 Å². The van der Waals surface area contributed by atoms with Crippen LogP contribution >= 0.6 is 0 Å². The summed E-state index contributed by atoms with van der Waals surface area (Å²) in [6, 6.07) is 19.6. The first kappa shape index (κ1) is 24.6. The van der Waals surface area contributed by atoms with Crippen molar-refractivity contribution >= 4 is 17.0 Å². The minimum atomic E-state index is -0.649. The number of piperidine rings is 1. The third kappa shape index (κ3) is 5.04. The third-order valence-corrected chi connectivity index (χ3v) is 9.38. The van der Waals surface area contributed by atoms with Crippen LogP contribution in [0.4, 0.5) is 0 Å². The fourth-order valence-electron chi connectivity index (χ4n) is 7.45. The van der Waals surface area contributed by atoms with E-state index in [4.69, 9.17) is 0 Å². The maximum absolute atomic E-state index is 11.9. The van der Waals surface area contributed by atoms with Crippen LogP contribution in [-0.4, -0.2) is 74.1 Å². The molecule has 7 heteroatoms. The van der Waals surface area contributed by atoms with Crippen LogP contribution in [0.15, 0.2) is 54.6 Å². The van der Waals surface area contributed by atoms with Crippen LogP contribution in [0.1, 0.15) is 68.9 Å². The van der Waals surface area contributed by atoms with E-state index < -0.39 is 5.97 Å². The summed E-state index contributed by atoms with van der Waals surface area (Å²) in [6.07, 6.45) is 8.01. The molecule has 3 aromatic rings. The molecule has 1 saturated carbocycles. The topological polar surface area (TPSA) is 74.5 Å². The first-order valence-electron chi connectivity index (χ1n) is 14.2. The van der Waals surface area contributed by atoms with Gasteiger partial charge in [-0.25, -0.2) is 4.68 Å². The Morgan fingerprint density at radius 2 is 1.68 bits per heavy atom. The fourth-order valence-corrected chi connectivity index (χ4v) is 7.45. The van der Waals surface area contributed by atoms with Gasteiger partial charge in [-0.1, -0.05) is 66.9 Å². The Hall–Kier alpha value is -2.77. The van der Waals surface area contributed by atoms with Gasteiger partial charge in [-0.05, 0) is 49.3 Å². The van der Waals surface area contributed by atoms with E-state index in [1.54, 1.807) is 0 Å². The number of fused-ring (bicyclic) bond motifs is 1. The van der Waals surface area contributed by atoms with Gasteiger partial charge in [-0.3, -0.25) is 9.69 Å². The van der Waals surface area contributed by atoms with E-state index in [2.05, 4.69) is 67.3 Å². The second-order valence-corrected chi connectivity index (χ2v) is 11.6. The quantitative estimate of drug-likeness (QED) is 0.493. The molecular weight excluding hydrogens is 462 g/mol. The summed E-state index contributed by atoms with van der Waals surface area (Å²) in [5, 5.41) is 18.7. The van der Waals surface area contributed by atoms with E-state index in [1.165, 1.54) is 12.0 Å². The van der Waals surface area contributed by atoms with Crippen LogP contribution < -0.4 is 0 Å². The largest absolute Gasteiger partial charge is 0.481 e. The van der Waals surface area contributed by atoms with Gasteiger partial charge < -0.3 is 10.0 Å². The summed E-state index contributed by atoms with van der Waals surface area (Å²) in [4.78, 5) is 17.2. The molecule has 7 nitrogen and oxygen atoms in total. The highest BCUT2D eigenvalue weighted by Crippen LogP contribution is 2.44. The molecule has 2 saturated heterocycles. The molecule has 37 heavy (non-hydrogen) atoms. The van der Waals surface area contributed by atoms with Crippen molar-refractivity contribution in [1.82, 2.24) is 24.8 Å². The molecule has 1 N–H and O–H groups in total. The average Bonchev–Trinajstić information content (AvgIpc) is 3.55. The molecule has 0 spiro atoms. The molecule has 2 atom stereocenters. The van der Waals surface area contributed by atoms with Gasteiger partial charge in [0.2, 0.25) is 0 Å². The average molecular weight is 502 g/mol. The Kier molecular flexibility index (Phi) is 7.00. The molecule has 0 amide bonds. The minimum Gasteiger partial charge on any atom is -0.481 e. The molecule has 2 aromatic carbocycles. The molecule has 196 valence electrons. The van der Waals surface area contributed by atoms with Gasteiger partial charge in [0, 0.05) is 44.2 Å². The normalized spacial score (nSPS) is 25.5. The molecule has 0 radical (unpaired) electrons. The van der Waals surface area contributed by atoms with Gasteiger partial charge in [0.1, 0.15) is 5.52 Å². The Labute approximate surface area is 219 Å². The lowest BCUT2D eigenvalue weighted by molar-refractivity contribution is -0.141. The number of para-hydroxylation sites is 1. The standard InChI is InChI=1S/C30H39N5O2/c36-29(37)19-30(15-7-2-8-16-30)34-21-24(26(22-34)23-9-3-1-4-10-23)20-33-17-13-25(14-18-33)35-28-12-6-5-11-27(28)31-32-35/h1,3-6,9-12,24-26H,2,7-8,13-22H2,(H,36,37). The monoisotopic (exact) mass is 501 g/mol. The maximum atomic E-state index is 11.9. The van der Waals surface area contributed by atoms with Crippen molar-refractivity contribution in [2.75, 3.05) is 32.7 Å². The van der Waals surface area contributed by atoms with Crippen LogP contribution in [-0.2, 0) is 4.79 Å². The molecule has 2 unspecified atom stereocenters. The molecule has 1 aliphatic carbocycles. The van der Waals surface area contributed by atoms with Crippen molar-refractivity contribution in [1.29, 1.82) is 0 Å². The summed E-state index contributed by atoms with van der Waals surface area (Å²) in [5.41, 5.74) is 3.33. The second-order valence-electron chi connectivity index (χ2n) is 11.6. The van der Waals surface area contributed by atoms with E-state index in [9.17, 15) is 9.90 Å². The number of hydrogen-bond acceptors (Lipinski definition) is 5. The van der Waals surface area contributed by atoms with Crippen molar-refractivity contribution in [3.05, 3.63) is 60.2 Å². The van der Waals surface area contributed by atoms with Gasteiger partial charge in [-0.15, -0.1) is 5.10 Å². The van der Waals surface area contributed by atoms with Crippen LogP contribution in [0, 0.1) is 5.92 Å². The molecule has 2 aliphatic heterocycles. The highest BCUT2D eigenvalue weighted by atomic mass is 16.4. The zero-order valence-electron chi connectivity index (χ0n) is 21.7. The molecular formula is C30H39N5O2. The lowest BCUT2D eigenvalue weighted by atomic mass is 9.78. The van der Waals surface area contributed by atoms with Crippen LogP contribution in [0.2, 0.25) is 0 Å². The third-order valence-electron chi connectivity index (χ3n) is 9.38. The summed E-state index contributed by atoms with van der Waals surface area (Å²) in [5.74, 6) is 0.314. The number of hydrogen-bond donors (Lipinski definition) is 1. The number of aliphatic carboxylic acids is 1. The summed E-state index contributed by atoms with van der Waals surface area (Å²) in [6.45, 7) is 5.18. The van der Waals surface area contributed by atoms with Crippen molar-refractivity contribution in [2.45, 2.75) is 68.9 Å². The number of carbonyl (C=O) groups is 1. The van der Waals surface area contributed by atoms with E-state index in [-0.39, 0.29) is 12.0 Å². The first-order valence-corrected chi connectivity index (χ1v) is 14.2. The highest BCUT2D eigenvalue weighted by Gasteiger charge is 2.46. The van der Waals surface area contributed by atoms with Gasteiger partial charge >= 0.3 is 5.97 Å². The van der Waals surface area contributed by atoms with Crippen molar-refractivity contribution in [3.8, 4) is 0 Å². The number of benzene rings is 2. The van der Waals surface area contributed by atoms with Gasteiger partial charge in [0.25, 0.3) is 0 Å². The second kappa shape index (κ2) is 10.5. The number of rotatable bonds is 7. The number of carboxylic acid groups (broad SMARTS) is 1. The highest BCUT2D eigenvalue weighted by molar-refractivity contribution is 5.74. The van der Waals surface area contributed by atoms with E-state index in [1.807, 2.05) is 12.1 Å². The predicted molar refractivity (Wildman–Crippen MR) is 145 cm³/mol. The Bertz CT molecular complexity index is 1200. The number of carboxylic acids is 1. The predicted octanol–water partition coefficient (Wildman–Crippen LogP) is 4.96. The zero-order valence-corrected chi connectivity index (χ0v) is 21.7. The molecule has 3 fully saturated rings. The summed E-state index contributed by atoms with van der Waals surface area (Å²) < 4.78 is 2.13. The van der Waals surface area contributed by atoms with E-state index in [0.29, 0.717) is 17.9 Å². The van der Waals surface area contributed by atoms with Crippen LogP contribution in [0.5, 0.6) is 0 Å². The first-order chi connectivity index (χ1) is 18.1. The zero-order chi connectivity index (χ0) is 25.2. The Balaban J connectivity index is 1.17. The van der Waals surface area contributed by atoms with Crippen LogP contribution in [0.25, 0.3) is 11.0 Å². The molecule has 1 aromatic heterocycles. The maximum Gasteiger partial charge on any atom is 0.305 e. The van der Waals surface area contributed by atoms with Crippen molar-refractivity contribution < 1.29 is 9.90 Å². The fraction of sp³-hybridized carbons (Fsp3) is 0.567. The molecule has 3 aliphatic rings. The Morgan fingerprint density at radius 1 is 0.946 bits per heavy atom. The number of aromatic nitrogens is 3. The smallest absolute Gasteiger partial charge is 0.305 e. The molecule has 0 bridgehead atoms. The number of nitrogens with zero attached hydrogens (tertiary/aromatic N) is 5. The van der Waals surface area contributed by atoms with Crippen molar-refractivity contribution in [2.24, 2.45) is 5.92 Å². The Morgan fingerprint density at radius 3 is 2.43 bits per heavy atom.